The van der Waals surface area contributed by atoms with Crippen molar-refractivity contribution in [2.75, 3.05) is 14.2 Å². The van der Waals surface area contributed by atoms with Crippen LogP contribution in [0.5, 0.6) is 11.5 Å². The third-order valence-electron chi connectivity index (χ3n) is 3.43. The Labute approximate surface area is 145 Å². The predicted octanol–water partition coefficient (Wildman–Crippen LogP) is 4.50. The van der Waals surface area contributed by atoms with Gasteiger partial charge in [-0.3, -0.25) is 4.79 Å². The molecule has 2 aromatic rings. The van der Waals surface area contributed by atoms with Gasteiger partial charge in [-0.05, 0) is 43.3 Å². The molecule has 2 aromatic carbocycles. The summed E-state index contributed by atoms with van der Waals surface area (Å²) in [6, 6.07) is 9.88. The minimum Gasteiger partial charge on any atom is -0.497 e. The molecule has 0 bridgehead atoms. The molecule has 6 heteroatoms. The number of benzene rings is 2. The summed E-state index contributed by atoms with van der Waals surface area (Å²) in [7, 11) is 3.16. The van der Waals surface area contributed by atoms with Gasteiger partial charge in [-0.15, -0.1) is 0 Å². The van der Waals surface area contributed by atoms with Crippen LogP contribution in [-0.2, 0) is 0 Å². The molecule has 0 radical (unpaired) electrons. The van der Waals surface area contributed by atoms with Crippen molar-refractivity contribution in [2.45, 2.75) is 13.0 Å². The van der Waals surface area contributed by atoms with Crippen LogP contribution >= 0.6 is 23.2 Å². The molecular formula is C17H17Cl2NO3. The van der Waals surface area contributed by atoms with Crippen molar-refractivity contribution in [3.63, 3.8) is 0 Å². The highest BCUT2D eigenvalue weighted by Crippen LogP contribution is 2.30. The monoisotopic (exact) mass is 353 g/mol. The first kappa shape index (κ1) is 17.4. The highest BCUT2D eigenvalue weighted by Gasteiger charge is 2.18. The topological polar surface area (TPSA) is 47.6 Å². The van der Waals surface area contributed by atoms with Gasteiger partial charge in [-0.2, -0.15) is 0 Å². The van der Waals surface area contributed by atoms with Crippen LogP contribution in [0.2, 0.25) is 10.0 Å². The Morgan fingerprint density at radius 3 is 2.43 bits per heavy atom. The van der Waals surface area contributed by atoms with Crippen molar-refractivity contribution < 1.29 is 14.3 Å². The molecule has 122 valence electrons. The maximum absolute atomic E-state index is 12.4. The number of nitrogens with one attached hydrogen (secondary N) is 1. The van der Waals surface area contributed by atoms with E-state index in [0.717, 1.165) is 5.56 Å². The number of hydrogen-bond donors (Lipinski definition) is 1. The van der Waals surface area contributed by atoms with Crippen LogP contribution in [0, 0.1) is 0 Å². The summed E-state index contributed by atoms with van der Waals surface area (Å²) in [6.07, 6.45) is 0. The van der Waals surface area contributed by atoms with Gasteiger partial charge in [0, 0.05) is 10.6 Å². The molecule has 1 unspecified atom stereocenters. The summed E-state index contributed by atoms with van der Waals surface area (Å²) in [6.45, 7) is 1.86. The highest BCUT2D eigenvalue weighted by molar-refractivity contribution is 6.36. The number of halogens is 2. The SMILES string of the molecule is COc1ccc(OC)c(C(C)NC(=O)c2ccc(Cl)cc2Cl)c1. The van der Waals surface area contributed by atoms with Gasteiger partial charge in [-0.1, -0.05) is 23.2 Å². The molecule has 0 fully saturated rings. The van der Waals surface area contributed by atoms with Gasteiger partial charge in [0.1, 0.15) is 11.5 Å². The lowest BCUT2D eigenvalue weighted by atomic mass is 10.1. The van der Waals surface area contributed by atoms with E-state index in [2.05, 4.69) is 5.32 Å². The lowest BCUT2D eigenvalue weighted by molar-refractivity contribution is 0.0939. The summed E-state index contributed by atoms with van der Waals surface area (Å²) in [4.78, 5) is 12.4. The predicted molar refractivity (Wildman–Crippen MR) is 91.9 cm³/mol. The number of methoxy groups -OCH3 is 2. The van der Waals surface area contributed by atoms with E-state index in [1.165, 1.54) is 6.07 Å². The first-order valence-corrected chi connectivity index (χ1v) is 7.69. The van der Waals surface area contributed by atoms with Gasteiger partial charge in [0.05, 0.1) is 30.8 Å². The summed E-state index contributed by atoms with van der Waals surface area (Å²) < 4.78 is 10.6. The van der Waals surface area contributed by atoms with Gasteiger partial charge < -0.3 is 14.8 Å². The summed E-state index contributed by atoms with van der Waals surface area (Å²) in [5, 5.41) is 3.68. The molecule has 0 saturated carbocycles. The zero-order chi connectivity index (χ0) is 17.0. The Morgan fingerprint density at radius 2 is 1.83 bits per heavy atom. The van der Waals surface area contributed by atoms with Crippen LogP contribution in [0.25, 0.3) is 0 Å². The van der Waals surface area contributed by atoms with Crippen molar-refractivity contribution in [3.8, 4) is 11.5 Å². The Kier molecular flexibility index (Phi) is 5.74. The fourth-order valence-electron chi connectivity index (χ4n) is 2.20. The molecular weight excluding hydrogens is 337 g/mol. The Balaban J connectivity index is 2.24. The van der Waals surface area contributed by atoms with E-state index in [0.29, 0.717) is 27.1 Å². The molecule has 4 nitrogen and oxygen atoms in total. The van der Waals surface area contributed by atoms with Gasteiger partial charge in [0.25, 0.3) is 5.91 Å². The Bertz CT molecular complexity index is 719. The van der Waals surface area contributed by atoms with E-state index in [4.69, 9.17) is 32.7 Å². The zero-order valence-corrected chi connectivity index (χ0v) is 14.5. The number of carbonyl (C=O) groups is 1. The largest absolute Gasteiger partial charge is 0.497 e. The molecule has 1 atom stereocenters. The molecule has 0 heterocycles. The van der Waals surface area contributed by atoms with E-state index in [1.807, 2.05) is 13.0 Å². The van der Waals surface area contributed by atoms with Gasteiger partial charge in [0.15, 0.2) is 0 Å². The second kappa shape index (κ2) is 7.57. The Hall–Kier alpha value is -1.91. The smallest absolute Gasteiger partial charge is 0.253 e. The maximum atomic E-state index is 12.4. The average molecular weight is 354 g/mol. The number of carbonyl (C=O) groups excluding carboxylic acids is 1. The van der Waals surface area contributed by atoms with E-state index in [-0.39, 0.29) is 11.9 Å². The van der Waals surface area contributed by atoms with Crippen LogP contribution in [0.1, 0.15) is 28.9 Å². The molecule has 0 aliphatic carbocycles. The summed E-state index contributed by atoms with van der Waals surface area (Å²) >= 11 is 11.9. The quantitative estimate of drug-likeness (QED) is 0.860. The molecule has 0 aliphatic heterocycles. The fourth-order valence-corrected chi connectivity index (χ4v) is 2.70. The standard InChI is InChI=1S/C17H17Cl2NO3/c1-10(14-9-12(22-2)5-7-16(14)23-3)20-17(21)13-6-4-11(18)8-15(13)19/h4-10H,1-3H3,(H,20,21). The lowest BCUT2D eigenvalue weighted by Gasteiger charge is -2.18. The van der Waals surface area contributed by atoms with Gasteiger partial charge in [-0.25, -0.2) is 0 Å². The van der Waals surface area contributed by atoms with Crippen molar-refractivity contribution >= 4 is 29.1 Å². The van der Waals surface area contributed by atoms with Crippen molar-refractivity contribution in [1.29, 1.82) is 0 Å². The number of hydrogen-bond acceptors (Lipinski definition) is 3. The summed E-state index contributed by atoms with van der Waals surface area (Å²) in [5.74, 6) is 1.07. The molecule has 0 saturated heterocycles. The van der Waals surface area contributed by atoms with Crippen molar-refractivity contribution in [3.05, 3.63) is 57.6 Å². The maximum Gasteiger partial charge on any atom is 0.253 e. The number of amides is 1. The first-order valence-electron chi connectivity index (χ1n) is 6.94. The van der Waals surface area contributed by atoms with Crippen molar-refractivity contribution in [1.82, 2.24) is 5.32 Å². The number of rotatable bonds is 5. The van der Waals surface area contributed by atoms with Gasteiger partial charge >= 0.3 is 0 Å². The fraction of sp³-hybridized carbons (Fsp3) is 0.235. The van der Waals surface area contributed by atoms with Crippen LogP contribution in [0.15, 0.2) is 36.4 Å². The average Bonchev–Trinajstić information content (AvgIpc) is 2.53. The molecule has 0 spiro atoms. The normalized spacial score (nSPS) is 11.7. The molecule has 1 amide bonds. The third-order valence-corrected chi connectivity index (χ3v) is 3.97. The second-order valence-electron chi connectivity index (χ2n) is 4.93. The van der Waals surface area contributed by atoms with Crippen LogP contribution in [-0.4, -0.2) is 20.1 Å². The van der Waals surface area contributed by atoms with E-state index < -0.39 is 0 Å². The Morgan fingerprint density at radius 1 is 1.09 bits per heavy atom. The van der Waals surface area contributed by atoms with E-state index in [9.17, 15) is 4.79 Å². The molecule has 2 rings (SSSR count). The summed E-state index contributed by atoms with van der Waals surface area (Å²) in [5.41, 5.74) is 1.18. The van der Waals surface area contributed by atoms with Gasteiger partial charge in [0.2, 0.25) is 0 Å². The zero-order valence-electron chi connectivity index (χ0n) is 13.0. The molecule has 0 aromatic heterocycles. The van der Waals surface area contributed by atoms with Crippen LogP contribution in [0.4, 0.5) is 0 Å². The first-order chi connectivity index (χ1) is 11.0. The van der Waals surface area contributed by atoms with Crippen LogP contribution < -0.4 is 14.8 Å². The molecule has 23 heavy (non-hydrogen) atoms. The second-order valence-corrected chi connectivity index (χ2v) is 5.77. The van der Waals surface area contributed by atoms with Crippen molar-refractivity contribution in [2.24, 2.45) is 0 Å². The minimum absolute atomic E-state index is 0.288. The molecule has 1 N–H and O–H groups in total. The highest BCUT2D eigenvalue weighted by atomic mass is 35.5. The third kappa shape index (κ3) is 4.09. The lowest BCUT2D eigenvalue weighted by Crippen LogP contribution is -2.27. The van der Waals surface area contributed by atoms with E-state index >= 15 is 0 Å². The van der Waals surface area contributed by atoms with Crippen LogP contribution in [0.3, 0.4) is 0 Å². The number of ether oxygens (including phenoxy) is 2. The minimum atomic E-state index is -0.292. The van der Waals surface area contributed by atoms with E-state index in [1.54, 1.807) is 38.5 Å². The molecule has 0 aliphatic rings.